The van der Waals surface area contributed by atoms with Crippen LogP contribution in [0.1, 0.15) is 28.9 Å². The summed E-state index contributed by atoms with van der Waals surface area (Å²) in [6, 6.07) is 7.63. The van der Waals surface area contributed by atoms with Crippen LogP contribution in [-0.4, -0.2) is 42.2 Å². The molecule has 1 aromatic carbocycles. The van der Waals surface area contributed by atoms with Gasteiger partial charge in [0.05, 0.1) is 29.6 Å². The molecule has 4 heterocycles. The van der Waals surface area contributed by atoms with Crippen molar-refractivity contribution < 1.29 is 22.2 Å². The van der Waals surface area contributed by atoms with E-state index in [4.69, 9.17) is 4.18 Å². The van der Waals surface area contributed by atoms with Gasteiger partial charge < -0.3 is 9.13 Å². The van der Waals surface area contributed by atoms with E-state index in [0.717, 1.165) is 52.5 Å². The van der Waals surface area contributed by atoms with Crippen LogP contribution >= 0.6 is 0 Å². The lowest BCUT2D eigenvalue weighted by Gasteiger charge is -2.22. The number of aryl methyl sites for hydroxylation is 1. The number of benzene rings is 1. The summed E-state index contributed by atoms with van der Waals surface area (Å²) in [7, 11) is -1.63. The molecule has 36 heavy (non-hydrogen) atoms. The number of hydrogen-bond acceptors (Lipinski definition) is 5. The Kier molecular flexibility index (Phi) is 5.17. The van der Waals surface area contributed by atoms with Crippen LogP contribution in [0.2, 0.25) is 0 Å². The monoisotopic (exact) mass is 503 g/mol. The van der Waals surface area contributed by atoms with E-state index in [1.54, 1.807) is 0 Å². The van der Waals surface area contributed by atoms with E-state index < -0.39 is 10.1 Å². The maximum Gasteiger partial charge on any atom is 0.266 e. The number of carbonyl (C=O) groups excluding carboxylic acids is 2. The third-order valence-corrected chi connectivity index (χ3v) is 7.62. The van der Waals surface area contributed by atoms with Gasteiger partial charge in [-0.2, -0.15) is 8.42 Å². The molecule has 3 aliphatic rings. The number of aromatic nitrogens is 2. The first-order valence-electron chi connectivity index (χ1n) is 11.8. The maximum atomic E-state index is 13.9. The zero-order valence-corrected chi connectivity index (χ0v) is 20.8. The number of nitrogens with zero attached hydrogens (tertiary/aromatic N) is 3. The van der Waals surface area contributed by atoms with E-state index >= 15 is 0 Å². The van der Waals surface area contributed by atoms with Gasteiger partial charge in [-0.3, -0.25) is 13.8 Å². The molecule has 0 N–H and O–H groups in total. The van der Waals surface area contributed by atoms with Gasteiger partial charge in [-0.15, -0.1) is 0 Å². The van der Waals surface area contributed by atoms with E-state index in [-0.39, 0.29) is 24.3 Å². The summed E-state index contributed by atoms with van der Waals surface area (Å²) in [6.07, 6.45) is 14.5. The van der Waals surface area contributed by atoms with Gasteiger partial charge in [0, 0.05) is 59.3 Å². The maximum absolute atomic E-state index is 13.9. The van der Waals surface area contributed by atoms with Gasteiger partial charge in [0.15, 0.2) is 0 Å². The zero-order valence-electron chi connectivity index (χ0n) is 20.0. The lowest BCUT2D eigenvalue weighted by molar-refractivity contribution is -0.119. The number of carbonyl (C=O) groups is 2. The molecule has 2 aliphatic heterocycles. The molecule has 184 valence electrons. The van der Waals surface area contributed by atoms with Crippen LogP contribution in [0.4, 0.5) is 5.69 Å². The van der Waals surface area contributed by atoms with E-state index in [2.05, 4.69) is 6.08 Å². The molecular weight excluding hydrogens is 478 g/mol. The molecule has 9 heteroatoms. The van der Waals surface area contributed by atoms with Crippen molar-refractivity contribution in [2.24, 2.45) is 13.0 Å². The predicted molar refractivity (Wildman–Crippen MR) is 138 cm³/mol. The largest absolute Gasteiger partial charge is 0.353 e. The molecule has 6 rings (SSSR count). The number of amides is 2. The molecular formula is C27H25N3O5S. The number of hydrogen-bond donors (Lipinski definition) is 0. The minimum absolute atomic E-state index is 0.00974. The van der Waals surface area contributed by atoms with Gasteiger partial charge >= 0.3 is 0 Å². The summed E-state index contributed by atoms with van der Waals surface area (Å²) in [5.41, 5.74) is 5.47. The molecule has 0 saturated carbocycles. The van der Waals surface area contributed by atoms with E-state index in [1.165, 1.54) is 11.0 Å². The Morgan fingerprint density at radius 3 is 2.75 bits per heavy atom. The predicted octanol–water partition coefficient (Wildman–Crippen LogP) is 3.52. The average Bonchev–Trinajstić information content (AvgIpc) is 3.46. The van der Waals surface area contributed by atoms with Crippen molar-refractivity contribution in [2.75, 3.05) is 17.8 Å². The first kappa shape index (κ1) is 22.8. The second kappa shape index (κ2) is 8.18. The minimum Gasteiger partial charge on any atom is -0.353 e. The fourth-order valence-corrected chi connectivity index (χ4v) is 5.88. The summed E-state index contributed by atoms with van der Waals surface area (Å²) in [6.45, 7) is -0.00974. The highest BCUT2D eigenvalue weighted by Gasteiger charge is 2.39. The fraction of sp³-hybridized carbons (Fsp3) is 0.259. The van der Waals surface area contributed by atoms with E-state index in [1.807, 2.05) is 65.0 Å². The molecule has 3 aromatic rings. The Balaban J connectivity index is 1.43. The van der Waals surface area contributed by atoms with Gasteiger partial charge in [0.25, 0.3) is 21.9 Å². The van der Waals surface area contributed by atoms with Crippen LogP contribution in [0, 0.1) is 5.92 Å². The summed E-state index contributed by atoms with van der Waals surface area (Å²) in [5.74, 6) is -0.961. The van der Waals surface area contributed by atoms with Crippen molar-refractivity contribution in [3.8, 4) is 0 Å². The molecule has 0 radical (unpaired) electrons. The average molecular weight is 504 g/mol. The van der Waals surface area contributed by atoms with Crippen LogP contribution in [0.5, 0.6) is 0 Å². The third-order valence-electron chi connectivity index (χ3n) is 7.06. The molecule has 8 nitrogen and oxygen atoms in total. The number of allylic oxidation sites excluding steroid dienone is 1. The summed E-state index contributed by atoms with van der Waals surface area (Å²) >= 11 is 0. The van der Waals surface area contributed by atoms with Gasteiger partial charge in [-0.25, -0.2) is 4.90 Å². The topological polar surface area (TPSA) is 90.6 Å². The summed E-state index contributed by atoms with van der Waals surface area (Å²) < 4.78 is 32.1. The fourth-order valence-electron chi connectivity index (χ4n) is 5.46. The van der Waals surface area contributed by atoms with Crippen LogP contribution < -0.4 is 4.90 Å². The molecule has 0 fully saturated rings. The summed E-state index contributed by atoms with van der Waals surface area (Å²) in [5, 5.41) is 0.785. The van der Waals surface area contributed by atoms with Crippen LogP contribution in [-0.2, 0) is 43.8 Å². The third kappa shape index (κ3) is 3.58. The second-order valence-electron chi connectivity index (χ2n) is 9.47. The molecule has 2 aromatic heterocycles. The van der Waals surface area contributed by atoms with Crippen LogP contribution in [0.25, 0.3) is 28.8 Å². The number of rotatable bonds is 5. The Bertz CT molecular complexity index is 1650. The Labute approximate surface area is 208 Å². The Morgan fingerprint density at radius 2 is 1.94 bits per heavy atom. The standard InChI is InChI=1S/C27H25N3O5S/c1-28-15-21(18-7-3-5-9-22(18)28)20-14-25(31)30(27(20)32)26-19-8-4-6-10-23(19)29-12-11-17(13-24(26)29)16-35-36(2,33)34/h3-4,6-8,10-12,14-15,17H,5,9,13,16H2,1-2H3. The normalized spacial score (nSPS) is 19.2. The van der Waals surface area contributed by atoms with E-state index in [0.29, 0.717) is 17.7 Å². The van der Waals surface area contributed by atoms with Crippen molar-refractivity contribution >= 4 is 56.4 Å². The molecule has 1 atom stereocenters. The first-order valence-corrected chi connectivity index (χ1v) is 13.6. The Morgan fingerprint density at radius 1 is 1.14 bits per heavy atom. The minimum atomic E-state index is -3.59. The lowest BCUT2D eigenvalue weighted by Crippen LogP contribution is -2.32. The molecule has 0 spiro atoms. The number of imide groups is 1. The number of anilines is 1. The SMILES string of the molecule is Cn1cc(C2=CC(=O)N(c3c4n(c5ccccc35)C=CC(COS(C)(=O)=O)C4)C2=O)c2c1CCC=C2. The van der Waals surface area contributed by atoms with Crippen molar-refractivity contribution in [3.63, 3.8) is 0 Å². The highest BCUT2D eigenvalue weighted by molar-refractivity contribution is 7.85. The highest BCUT2D eigenvalue weighted by Crippen LogP contribution is 2.42. The van der Waals surface area contributed by atoms with Crippen molar-refractivity contribution in [1.29, 1.82) is 0 Å². The van der Waals surface area contributed by atoms with E-state index in [9.17, 15) is 18.0 Å². The number of fused-ring (bicyclic) bond motifs is 4. The lowest BCUT2D eigenvalue weighted by atomic mass is 9.97. The van der Waals surface area contributed by atoms with Crippen molar-refractivity contribution in [3.05, 3.63) is 71.2 Å². The summed E-state index contributed by atoms with van der Waals surface area (Å²) in [4.78, 5) is 28.5. The molecule has 1 aliphatic carbocycles. The highest BCUT2D eigenvalue weighted by atomic mass is 32.2. The Hall–Kier alpha value is -3.69. The molecule has 1 unspecified atom stereocenters. The van der Waals surface area contributed by atoms with Crippen LogP contribution in [0.15, 0.2) is 48.7 Å². The molecule has 0 bridgehead atoms. The first-order chi connectivity index (χ1) is 17.2. The van der Waals surface area contributed by atoms with Gasteiger partial charge in [0.2, 0.25) is 0 Å². The van der Waals surface area contributed by atoms with Gasteiger partial charge in [-0.1, -0.05) is 36.4 Å². The molecule has 0 saturated heterocycles. The van der Waals surface area contributed by atoms with Crippen molar-refractivity contribution in [2.45, 2.75) is 19.3 Å². The zero-order chi connectivity index (χ0) is 25.2. The smallest absolute Gasteiger partial charge is 0.266 e. The molecule has 2 amide bonds. The quantitative estimate of drug-likeness (QED) is 0.393. The van der Waals surface area contributed by atoms with Gasteiger partial charge in [-0.05, 0) is 25.3 Å². The number of para-hydroxylation sites is 1. The van der Waals surface area contributed by atoms with Crippen molar-refractivity contribution in [1.82, 2.24) is 9.13 Å². The second-order valence-corrected chi connectivity index (χ2v) is 11.1. The van der Waals surface area contributed by atoms with Crippen LogP contribution in [0.3, 0.4) is 0 Å². The van der Waals surface area contributed by atoms with Gasteiger partial charge in [0.1, 0.15) is 0 Å².